The van der Waals surface area contributed by atoms with Gasteiger partial charge in [0.05, 0.1) is 12.2 Å². The average Bonchev–Trinajstić information content (AvgIpc) is 2.74. The van der Waals surface area contributed by atoms with E-state index >= 15 is 0 Å². The average molecular weight is 425 g/mol. The molecule has 31 heavy (non-hydrogen) atoms. The van der Waals surface area contributed by atoms with Gasteiger partial charge in [0.1, 0.15) is 11.6 Å². The van der Waals surface area contributed by atoms with Crippen LogP contribution in [0.2, 0.25) is 0 Å². The first kappa shape index (κ1) is 23.2. The molecule has 1 saturated heterocycles. The van der Waals surface area contributed by atoms with Gasteiger partial charge < -0.3 is 15.1 Å². The minimum absolute atomic E-state index is 0.0918. The van der Waals surface area contributed by atoms with Crippen molar-refractivity contribution in [1.29, 1.82) is 0 Å². The quantitative estimate of drug-likeness (QED) is 0.703. The van der Waals surface area contributed by atoms with E-state index in [2.05, 4.69) is 11.4 Å². The van der Waals surface area contributed by atoms with Crippen molar-refractivity contribution in [3.05, 3.63) is 47.4 Å². The number of likely N-dealkylation sites (N-methyl/N-ethyl adjacent to an activating group) is 2. The Balaban J connectivity index is 1.72. The molecule has 1 atom stereocenters. The third kappa shape index (κ3) is 6.24. The van der Waals surface area contributed by atoms with E-state index in [1.807, 2.05) is 74.0 Å². The van der Waals surface area contributed by atoms with Crippen LogP contribution in [0.5, 0.6) is 0 Å². The molecule has 2 aromatic rings. The molecule has 1 aliphatic rings. The summed E-state index contributed by atoms with van der Waals surface area (Å²) in [5, 5.41) is 3.45. The van der Waals surface area contributed by atoms with Crippen LogP contribution in [0.3, 0.4) is 0 Å². The van der Waals surface area contributed by atoms with Crippen LogP contribution in [0.15, 0.2) is 30.3 Å². The Hall–Kier alpha value is -2.51. The molecular weight excluding hydrogens is 388 g/mol. The summed E-state index contributed by atoms with van der Waals surface area (Å²) >= 11 is 0. The van der Waals surface area contributed by atoms with Crippen LogP contribution in [0.1, 0.15) is 42.8 Å². The van der Waals surface area contributed by atoms with Gasteiger partial charge in [-0.3, -0.25) is 9.69 Å². The number of anilines is 2. The van der Waals surface area contributed by atoms with Crippen LogP contribution in [0.25, 0.3) is 0 Å². The molecule has 7 nitrogen and oxygen atoms in total. The molecule has 168 valence electrons. The third-order valence-corrected chi connectivity index (χ3v) is 5.67. The minimum Gasteiger partial charge on any atom is -0.363 e. The molecule has 0 saturated carbocycles. The second kappa shape index (κ2) is 10.7. The molecule has 0 unspecified atom stereocenters. The Labute approximate surface area is 186 Å². The van der Waals surface area contributed by atoms with E-state index in [1.54, 1.807) is 0 Å². The summed E-state index contributed by atoms with van der Waals surface area (Å²) in [6.45, 7) is 7.64. The number of nitrogens with one attached hydrogen (secondary N) is 1. The first-order valence-electron chi connectivity index (χ1n) is 11.2. The topological polar surface area (TPSA) is 64.6 Å². The van der Waals surface area contributed by atoms with Gasteiger partial charge in [-0.25, -0.2) is 9.97 Å². The standard InChI is InChI=1S/C24H36N6O/c1-6-30(21-11-7-9-18(2)13-21)23(31)17-29(5)16-20-14-22(28(3)4)27-24(26-20)19-10-8-12-25-15-19/h7,9,11,13-14,19,25H,6,8,10,12,15-17H2,1-5H3/t19-/m0/s1. The van der Waals surface area contributed by atoms with E-state index < -0.39 is 0 Å². The molecular formula is C24H36N6O. The number of carbonyl (C=O) groups is 1. The van der Waals surface area contributed by atoms with Crippen LogP contribution in [-0.4, -0.2) is 68.1 Å². The van der Waals surface area contributed by atoms with E-state index in [4.69, 9.17) is 9.97 Å². The van der Waals surface area contributed by atoms with Crippen LogP contribution in [-0.2, 0) is 11.3 Å². The van der Waals surface area contributed by atoms with Gasteiger partial charge in [0.25, 0.3) is 0 Å². The number of amides is 1. The van der Waals surface area contributed by atoms with Crippen LogP contribution < -0.4 is 15.1 Å². The van der Waals surface area contributed by atoms with Crippen molar-refractivity contribution >= 4 is 17.4 Å². The second-order valence-electron chi connectivity index (χ2n) is 8.66. The van der Waals surface area contributed by atoms with E-state index in [1.165, 1.54) is 0 Å². The van der Waals surface area contributed by atoms with Crippen molar-refractivity contribution in [1.82, 2.24) is 20.2 Å². The van der Waals surface area contributed by atoms with Crippen LogP contribution >= 0.6 is 0 Å². The number of carbonyl (C=O) groups excluding carboxylic acids is 1. The normalized spacial score (nSPS) is 16.4. The van der Waals surface area contributed by atoms with Crippen molar-refractivity contribution in [2.24, 2.45) is 0 Å². The van der Waals surface area contributed by atoms with Crippen molar-refractivity contribution in [2.45, 2.75) is 39.2 Å². The zero-order valence-corrected chi connectivity index (χ0v) is 19.6. The molecule has 1 fully saturated rings. The Morgan fingerprint density at radius 3 is 2.65 bits per heavy atom. The summed E-state index contributed by atoms with van der Waals surface area (Å²) in [6, 6.07) is 10.1. The molecule has 0 aliphatic carbocycles. The lowest BCUT2D eigenvalue weighted by molar-refractivity contribution is -0.119. The lowest BCUT2D eigenvalue weighted by atomic mass is 9.99. The van der Waals surface area contributed by atoms with Crippen molar-refractivity contribution in [3.8, 4) is 0 Å². The molecule has 0 spiro atoms. The summed E-state index contributed by atoms with van der Waals surface area (Å²) in [7, 11) is 5.98. The number of hydrogen-bond acceptors (Lipinski definition) is 6. The number of aryl methyl sites for hydroxylation is 1. The molecule has 1 amide bonds. The van der Waals surface area contributed by atoms with Gasteiger partial charge in [-0.05, 0) is 58.0 Å². The number of benzene rings is 1. The third-order valence-electron chi connectivity index (χ3n) is 5.67. The summed E-state index contributed by atoms with van der Waals surface area (Å²) < 4.78 is 0. The van der Waals surface area contributed by atoms with Crippen LogP contribution in [0, 0.1) is 6.92 Å². The summed E-state index contributed by atoms with van der Waals surface area (Å²) in [5.41, 5.74) is 3.05. The fourth-order valence-corrected chi connectivity index (χ4v) is 4.02. The first-order valence-corrected chi connectivity index (χ1v) is 11.2. The Bertz CT molecular complexity index is 878. The van der Waals surface area contributed by atoms with Gasteiger partial charge in [-0.15, -0.1) is 0 Å². The second-order valence-corrected chi connectivity index (χ2v) is 8.66. The molecule has 0 radical (unpaired) electrons. The Morgan fingerprint density at radius 2 is 2.00 bits per heavy atom. The minimum atomic E-state index is 0.0918. The molecule has 1 aromatic carbocycles. The molecule has 3 rings (SSSR count). The lowest BCUT2D eigenvalue weighted by Gasteiger charge is -2.26. The smallest absolute Gasteiger partial charge is 0.241 e. The van der Waals surface area contributed by atoms with E-state index in [0.717, 1.165) is 54.5 Å². The Kier molecular flexibility index (Phi) is 7.98. The van der Waals surface area contributed by atoms with E-state index in [9.17, 15) is 4.79 Å². The SMILES string of the molecule is CCN(C(=O)CN(C)Cc1cc(N(C)C)nc([C@H]2CCCNC2)n1)c1cccc(C)c1. The number of aromatic nitrogens is 2. The van der Waals surface area contributed by atoms with Crippen LogP contribution in [0.4, 0.5) is 11.5 Å². The van der Waals surface area contributed by atoms with Gasteiger partial charge in [0.2, 0.25) is 5.91 Å². The largest absolute Gasteiger partial charge is 0.363 e. The maximum Gasteiger partial charge on any atom is 0.241 e. The van der Waals surface area contributed by atoms with Crippen molar-refractivity contribution in [3.63, 3.8) is 0 Å². The highest BCUT2D eigenvalue weighted by molar-refractivity contribution is 5.94. The zero-order valence-electron chi connectivity index (χ0n) is 19.6. The monoisotopic (exact) mass is 424 g/mol. The Morgan fingerprint density at radius 1 is 1.19 bits per heavy atom. The van der Waals surface area contributed by atoms with Gasteiger partial charge in [0, 0.05) is 51.4 Å². The maximum absolute atomic E-state index is 13.0. The highest BCUT2D eigenvalue weighted by atomic mass is 16.2. The van der Waals surface area contributed by atoms with E-state index in [0.29, 0.717) is 25.6 Å². The molecule has 7 heteroatoms. The molecule has 1 N–H and O–H groups in total. The fraction of sp³-hybridized carbons (Fsp3) is 0.542. The summed E-state index contributed by atoms with van der Waals surface area (Å²) in [6.07, 6.45) is 2.26. The lowest BCUT2D eigenvalue weighted by Crippen LogP contribution is -2.39. The van der Waals surface area contributed by atoms with Crippen molar-refractivity contribution in [2.75, 3.05) is 57.1 Å². The van der Waals surface area contributed by atoms with Crippen molar-refractivity contribution < 1.29 is 4.79 Å². The predicted molar refractivity (Wildman–Crippen MR) is 127 cm³/mol. The highest BCUT2D eigenvalue weighted by Gasteiger charge is 2.21. The van der Waals surface area contributed by atoms with Gasteiger partial charge in [0.15, 0.2) is 0 Å². The summed E-state index contributed by atoms with van der Waals surface area (Å²) in [5.74, 6) is 2.26. The number of hydrogen-bond donors (Lipinski definition) is 1. The number of rotatable bonds is 8. The van der Waals surface area contributed by atoms with E-state index in [-0.39, 0.29) is 5.91 Å². The molecule has 1 aromatic heterocycles. The molecule has 1 aliphatic heterocycles. The zero-order chi connectivity index (χ0) is 22.4. The van der Waals surface area contributed by atoms with Gasteiger partial charge in [-0.2, -0.15) is 0 Å². The predicted octanol–water partition coefficient (Wildman–Crippen LogP) is 2.80. The number of piperidine rings is 1. The van der Waals surface area contributed by atoms with Gasteiger partial charge in [-0.1, -0.05) is 12.1 Å². The molecule has 0 bridgehead atoms. The maximum atomic E-state index is 13.0. The first-order chi connectivity index (χ1) is 14.9. The number of nitrogens with zero attached hydrogens (tertiary/aromatic N) is 5. The highest BCUT2D eigenvalue weighted by Crippen LogP contribution is 2.23. The molecule has 2 heterocycles. The summed E-state index contributed by atoms with van der Waals surface area (Å²) in [4.78, 5) is 28.6. The fourth-order valence-electron chi connectivity index (χ4n) is 4.02. The van der Waals surface area contributed by atoms with Gasteiger partial charge >= 0.3 is 0 Å².